The molecule has 3 rings (SSSR count). The Morgan fingerprint density at radius 3 is 2.73 bits per heavy atom. The zero-order valence-electron chi connectivity index (χ0n) is 14.8. The normalized spacial score (nSPS) is 21.1. The summed E-state index contributed by atoms with van der Waals surface area (Å²) >= 11 is 0. The van der Waals surface area contributed by atoms with E-state index in [1.807, 2.05) is 23.2 Å². The predicted molar refractivity (Wildman–Crippen MR) is 97.4 cm³/mol. The van der Waals surface area contributed by atoms with Crippen LogP contribution in [-0.2, 0) is 16.1 Å². The minimum atomic E-state index is -0.983. The summed E-state index contributed by atoms with van der Waals surface area (Å²) < 4.78 is 0. The van der Waals surface area contributed by atoms with Gasteiger partial charge in [0, 0.05) is 12.1 Å². The third kappa shape index (κ3) is 4.17. The third-order valence-corrected chi connectivity index (χ3v) is 4.58. The van der Waals surface area contributed by atoms with Gasteiger partial charge < -0.3 is 10.4 Å². The van der Waals surface area contributed by atoms with Gasteiger partial charge in [-0.1, -0.05) is 40.7 Å². The molecule has 26 heavy (non-hydrogen) atoms. The Labute approximate surface area is 152 Å². The van der Waals surface area contributed by atoms with Crippen LogP contribution in [0.15, 0.2) is 57.9 Å². The quantitative estimate of drug-likeness (QED) is 0.819. The second-order valence-electron chi connectivity index (χ2n) is 6.63. The van der Waals surface area contributed by atoms with E-state index < -0.39 is 5.97 Å². The first-order valence-electron chi connectivity index (χ1n) is 8.57. The van der Waals surface area contributed by atoms with Gasteiger partial charge in [0.05, 0.1) is 19.0 Å². The highest BCUT2D eigenvalue weighted by atomic mass is 16.4. The van der Waals surface area contributed by atoms with Crippen molar-refractivity contribution in [2.24, 2.45) is 10.3 Å². The molecule has 2 unspecified atom stereocenters. The molecule has 0 spiro atoms. The lowest BCUT2D eigenvalue weighted by atomic mass is 9.93. The van der Waals surface area contributed by atoms with Gasteiger partial charge in [-0.3, -0.25) is 14.6 Å². The highest BCUT2D eigenvalue weighted by molar-refractivity contribution is 5.92. The molecule has 1 aliphatic carbocycles. The number of carboxylic acids is 1. The molecule has 7 nitrogen and oxygen atoms in total. The fraction of sp³-hybridized carbons (Fsp3) is 0.368. The van der Waals surface area contributed by atoms with Gasteiger partial charge in [-0.05, 0) is 31.5 Å². The Morgan fingerprint density at radius 2 is 1.96 bits per heavy atom. The number of allylic oxidation sites excluding steroid dienone is 2. The summed E-state index contributed by atoms with van der Waals surface area (Å²) in [7, 11) is 0. The lowest BCUT2D eigenvalue weighted by Gasteiger charge is -2.26. The van der Waals surface area contributed by atoms with Gasteiger partial charge in [-0.15, -0.1) is 0 Å². The monoisotopic (exact) mass is 354 g/mol. The summed E-state index contributed by atoms with van der Waals surface area (Å²) in [5.41, 5.74) is 4.12. The second kappa shape index (κ2) is 7.51. The van der Waals surface area contributed by atoms with E-state index in [4.69, 9.17) is 5.11 Å². The molecule has 1 heterocycles. The van der Waals surface area contributed by atoms with Gasteiger partial charge in [-0.25, -0.2) is 0 Å². The molecule has 1 aromatic carbocycles. The molecule has 136 valence electrons. The molecular formula is C19H22N4O3. The first-order valence-corrected chi connectivity index (χ1v) is 8.57. The molecule has 2 N–H and O–H groups in total. The fourth-order valence-corrected chi connectivity index (χ4v) is 3.04. The summed E-state index contributed by atoms with van der Waals surface area (Å²) in [6.45, 7) is 4.75. The fourth-order valence-electron chi connectivity index (χ4n) is 3.04. The van der Waals surface area contributed by atoms with E-state index in [0.29, 0.717) is 12.2 Å². The number of rotatable bonds is 6. The van der Waals surface area contributed by atoms with Crippen molar-refractivity contribution < 1.29 is 14.7 Å². The molecule has 2 aliphatic rings. The van der Waals surface area contributed by atoms with Crippen LogP contribution in [0, 0.1) is 0 Å². The highest BCUT2D eigenvalue weighted by Gasteiger charge is 2.32. The zero-order valence-corrected chi connectivity index (χ0v) is 14.8. The molecule has 7 heteroatoms. The summed E-state index contributed by atoms with van der Waals surface area (Å²) in [5, 5.41) is 22.0. The van der Waals surface area contributed by atoms with Crippen molar-refractivity contribution in [2.75, 3.05) is 5.32 Å². The van der Waals surface area contributed by atoms with E-state index in [1.165, 1.54) is 11.1 Å². The largest absolute Gasteiger partial charge is 0.481 e. The molecule has 1 aromatic rings. The molecule has 1 aliphatic heterocycles. The van der Waals surface area contributed by atoms with Gasteiger partial charge in [0.2, 0.25) is 5.91 Å². The number of carbonyl (C=O) groups excluding carboxylic acids is 1. The minimum Gasteiger partial charge on any atom is -0.481 e. The number of carboxylic acid groups (broad SMARTS) is 1. The molecule has 0 fully saturated rings. The molecular weight excluding hydrogens is 332 g/mol. The Kier molecular flexibility index (Phi) is 5.16. The van der Waals surface area contributed by atoms with Gasteiger partial charge in [0.1, 0.15) is 6.04 Å². The topological polar surface area (TPSA) is 94.4 Å². The van der Waals surface area contributed by atoms with Gasteiger partial charge in [0.15, 0.2) is 0 Å². The van der Waals surface area contributed by atoms with Gasteiger partial charge >= 0.3 is 5.97 Å². The van der Waals surface area contributed by atoms with Gasteiger partial charge in [0.25, 0.3) is 0 Å². The predicted octanol–water partition coefficient (Wildman–Crippen LogP) is 3.32. The number of nitrogens with zero attached hydrogens (tertiary/aromatic N) is 3. The smallest absolute Gasteiger partial charge is 0.303 e. The van der Waals surface area contributed by atoms with E-state index in [2.05, 4.69) is 41.7 Å². The van der Waals surface area contributed by atoms with E-state index in [1.54, 1.807) is 6.07 Å². The first kappa shape index (κ1) is 17.8. The van der Waals surface area contributed by atoms with Gasteiger partial charge in [-0.2, -0.15) is 5.11 Å². The maximum Gasteiger partial charge on any atom is 0.303 e. The molecule has 0 aromatic heterocycles. The number of benzene rings is 1. The van der Waals surface area contributed by atoms with Crippen molar-refractivity contribution in [1.29, 1.82) is 0 Å². The molecule has 0 radical (unpaired) electrons. The average Bonchev–Trinajstić information content (AvgIpc) is 2.95. The first-order chi connectivity index (χ1) is 12.4. The van der Waals surface area contributed by atoms with Crippen molar-refractivity contribution in [3.05, 3.63) is 53.1 Å². The van der Waals surface area contributed by atoms with E-state index >= 15 is 0 Å². The number of nitrogens with one attached hydrogen (secondary N) is 1. The van der Waals surface area contributed by atoms with Crippen molar-refractivity contribution in [2.45, 2.75) is 45.3 Å². The molecule has 2 atom stereocenters. The Balaban J connectivity index is 1.64. The van der Waals surface area contributed by atoms with Crippen LogP contribution in [-0.4, -0.2) is 34.1 Å². The lowest BCUT2D eigenvalue weighted by molar-refractivity contribution is -0.138. The van der Waals surface area contributed by atoms with E-state index in [9.17, 15) is 9.59 Å². The summed E-state index contributed by atoms with van der Waals surface area (Å²) in [5.74, 6) is -1.29. The Morgan fingerprint density at radius 1 is 1.19 bits per heavy atom. The Bertz CT molecular complexity index is 813. The number of fused-ring (bicyclic) bond motifs is 1. The average molecular weight is 354 g/mol. The van der Waals surface area contributed by atoms with Crippen molar-refractivity contribution in [1.82, 2.24) is 5.01 Å². The maximum absolute atomic E-state index is 11.8. The SMILES string of the molecule is CC1=CC2N=NN(Cc3cccc(NC(=O)CCC(=O)O)c3)C2C=C1C. The van der Waals surface area contributed by atoms with Crippen LogP contribution in [0.3, 0.4) is 0 Å². The summed E-state index contributed by atoms with van der Waals surface area (Å²) in [4.78, 5) is 22.3. The highest BCUT2D eigenvalue weighted by Crippen LogP contribution is 2.30. The molecule has 0 bridgehead atoms. The van der Waals surface area contributed by atoms with Crippen LogP contribution in [0.2, 0.25) is 0 Å². The lowest BCUT2D eigenvalue weighted by Crippen LogP contribution is -2.33. The Hall–Kier alpha value is -2.96. The number of hydrogen-bond donors (Lipinski definition) is 2. The van der Waals surface area contributed by atoms with Crippen molar-refractivity contribution >= 4 is 17.6 Å². The molecule has 0 saturated heterocycles. The minimum absolute atomic E-state index is 0.0423. The third-order valence-electron chi connectivity index (χ3n) is 4.58. The van der Waals surface area contributed by atoms with E-state index in [0.717, 1.165) is 5.56 Å². The van der Waals surface area contributed by atoms with E-state index in [-0.39, 0.29) is 30.8 Å². The van der Waals surface area contributed by atoms with Crippen LogP contribution < -0.4 is 5.32 Å². The number of anilines is 1. The number of aliphatic carboxylic acids is 1. The van der Waals surface area contributed by atoms with Crippen molar-refractivity contribution in [3.63, 3.8) is 0 Å². The van der Waals surface area contributed by atoms with Crippen LogP contribution in [0.5, 0.6) is 0 Å². The summed E-state index contributed by atoms with van der Waals surface area (Å²) in [6, 6.07) is 7.66. The van der Waals surface area contributed by atoms with Crippen molar-refractivity contribution in [3.8, 4) is 0 Å². The van der Waals surface area contributed by atoms with Crippen LogP contribution >= 0.6 is 0 Å². The standard InChI is InChI=1S/C19H22N4O3/c1-12-8-16-17(9-13(12)2)23(22-21-16)11-14-4-3-5-15(10-14)20-18(24)6-7-19(25)26/h3-5,8-10,16-17H,6-7,11H2,1-2H3,(H,20,24)(H,25,26). The summed E-state index contributed by atoms with van der Waals surface area (Å²) in [6.07, 6.45) is 4.11. The molecule has 0 saturated carbocycles. The number of carbonyl (C=O) groups is 2. The second-order valence-corrected chi connectivity index (χ2v) is 6.63. The number of hydrogen-bond acceptors (Lipinski definition) is 5. The number of amides is 1. The zero-order chi connectivity index (χ0) is 18.7. The molecule has 1 amide bonds. The van der Waals surface area contributed by atoms with Crippen LogP contribution in [0.4, 0.5) is 5.69 Å². The van der Waals surface area contributed by atoms with Crippen LogP contribution in [0.25, 0.3) is 0 Å². The maximum atomic E-state index is 11.8. The van der Waals surface area contributed by atoms with Crippen LogP contribution in [0.1, 0.15) is 32.3 Å².